The van der Waals surface area contributed by atoms with Gasteiger partial charge in [0.1, 0.15) is 0 Å². The Morgan fingerprint density at radius 3 is 2.94 bits per heavy atom. The zero-order valence-corrected chi connectivity index (χ0v) is 11.1. The number of benzene rings is 1. The third-order valence-corrected chi connectivity index (χ3v) is 3.00. The van der Waals surface area contributed by atoms with Crippen molar-refractivity contribution in [1.82, 2.24) is 5.32 Å². The van der Waals surface area contributed by atoms with E-state index in [0.29, 0.717) is 6.61 Å². The van der Waals surface area contributed by atoms with Gasteiger partial charge in [0, 0.05) is 19.5 Å². The van der Waals surface area contributed by atoms with Crippen LogP contribution in [0.5, 0.6) is 11.5 Å². The molecule has 1 atom stereocenters. The molecule has 1 unspecified atom stereocenters. The Labute approximate surface area is 108 Å². The number of nitrogens with one attached hydrogen (secondary N) is 1. The first-order chi connectivity index (χ1) is 8.83. The van der Waals surface area contributed by atoms with Gasteiger partial charge in [-0.25, -0.2) is 0 Å². The van der Waals surface area contributed by atoms with Crippen molar-refractivity contribution >= 4 is 0 Å². The minimum atomic E-state index is 0.251. The quantitative estimate of drug-likeness (QED) is 0.863. The molecule has 0 aromatic heterocycles. The zero-order valence-electron chi connectivity index (χ0n) is 11.1. The summed E-state index contributed by atoms with van der Waals surface area (Å²) in [5.41, 5.74) is 1.21. The predicted molar refractivity (Wildman–Crippen MR) is 70.5 cm³/mol. The van der Waals surface area contributed by atoms with Crippen LogP contribution in [0.15, 0.2) is 18.2 Å². The van der Waals surface area contributed by atoms with Crippen LogP contribution >= 0.6 is 0 Å². The van der Waals surface area contributed by atoms with Gasteiger partial charge >= 0.3 is 0 Å². The molecule has 1 aromatic carbocycles. The van der Waals surface area contributed by atoms with E-state index in [1.807, 2.05) is 19.1 Å². The zero-order chi connectivity index (χ0) is 12.8. The van der Waals surface area contributed by atoms with Crippen molar-refractivity contribution in [3.63, 3.8) is 0 Å². The van der Waals surface area contributed by atoms with Gasteiger partial charge in [0.25, 0.3) is 0 Å². The fourth-order valence-electron chi connectivity index (χ4n) is 2.13. The van der Waals surface area contributed by atoms with Crippen LogP contribution < -0.4 is 14.8 Å². The highest BCUT2D eigenvalue weighted by Crippen LogP contribution is 2.28. The second-order valence-corrected chi connectivity index (χ2v) is 4.32. The summed E-state index contributed by atoms with van der Waals surface area (Å²) in [4.78, 5) is 0. The summed E-state index contributed by atoms with van der Waals surface area (Å²) in [6.07, 6.45) is 1.15. The maximum atomic E-state index is 5.70. The number of rotatable bonds is 5. The van der Waals surface area contributed by atoms with Crippen molar-refractivity contribution in [3.05, 3.63) is 23.8 Å². The fourth-order valence-corrected chi connectivity index (χ4v) is 2.13. The Morgan fingerprint density at radius 1 is 1.39 bits per heavy atom. The predicted octanol–water partition coefficient (Wildman–Crippen LogP) is 1.62. The highest BCUT2D eigenvalue weighted by molar-refractivity contribution is 5.43. The molecule has 1 heterocycles. The number of hydrogen-bond acceptors (Lipinski definition) is 4. The minimum absolute atomic E-state index is 0.251. The van der Waals surface area contributed by atoms with Crippen LogP contribution in [-0.4, -0.2) is 39.5 Å². The van der Waals surface area contributed by atoms with Crippen LogP contribution in [0, 0.1) is 0 Å². The molecule has 0 bridgehead atoms. The Kier molecular flexibility index (Phi) is 4.84. The Balaban J connectivity index is 2.04. The van der Waals surface area contributed by atoms with Crippen LogP contribution in [0.25, 0.3) is 0 Å². The Hall–Kier alpha value is -1.26. The van der Waals surface area contributed by atoms with Gasteiger partial charge in [-0.05, 0) is 24.6 Å². The van der Waals surface area contributed by atoms with Gasteiger partial charge < -0.3 is 19.5 Å². The Morgan fingerprint density at radius 2 is 2.28 bits per heavy atom. The molecule has 18 heavy (non-hydrogen) atoms. The second-order valence-electron chi connectivity index (χ2n) is 4.32. The SMILES string of the molecule is CCOc1ccc(CC2CNCCO2)cc1OC. The maximum Gasteiger partial charge on any atom is 0.161 e. The highest BCUT2D eigenvalue weighted by Gasteiger charge is 2.15. The molecule has 1 N–H and O–H groups in total. The van der Waals surface area contributed by atoms with Gasteiger partial charge in [0.2, 0.25) is 0 Å². The van der Waals surface area contributed by atoms with E-state index in [9.17, 15) is 0 Å². The number of morpholine rings is 1. The van der Waals surface area contributed by atoms with Gasteiger partial charge in [-0.15, -0.1) is 0 Å². The van der Waals surface area contributed by atoms with Crippen LogP contribution in [0.2, 0.25) is 0 Å². The van der Waals surface area contributed by atoms with E-state index in [1.165, 1.54) is 5.56 Å². The van der Waals surface area contributed by atoms with Crippen LogP contribution in [-0.2, 0) is 11.2 Å². The lowest BCUT2D eigenvalue weighted by atomic mass is 10.1. The summed E-state index contributed by atoms with van der Waals surface area (Å²) in [5.74, 6) is 1.59. The molecule has 1 aromatic rings. The van der Waals surface area contributed by atoms with Gasteiger partial charge in [-0.1, -0.05) is 6.07 Å². The maximum absolute atomic E-state index is 5.70. The molecule has 1 aliphatic rings. The van der Waals surface area contributed by atoms with Crippen molar-refractivity contribution in [2.24, 2.45) is 0 Å². The third-order valence-electron chi connectivity index (χ3n) is 3.00. The third kappa shape index (κ3) is 3.37. The lowest BCUT2D eigenvalue weighted by Crippen LogP contribution is -2.39. The van der Waals surface area contributed by atoms with Gasteiger partial charge in [0.05, 0.1) is 26.4 Å². The average Bonchev–Trinajstić information content (AvgIpc) is 2.42. The molecule has 0 amide bonds. The van der Waals surface area contributed by atoms with Crippen LogP contribution in [0.3, 0.4) is 0 Å². The van der Waals surface area contributed by atoms with E-state index in [1.54, 1.807) is 7.11 Å². The molecule has 1 saturated heterocycles. The molecular weight excluding hydrogens is 230 g/mol. The first-order valence-corrected chi connectivity index (χ1v) is 6.45. The van der Waals surface area contributed by atoms with E-state index >= 15 is 0 Å². The van der Waals surface area contributed by atoms with E-state index in [-0.39, 0.29) is 6.10 Å². The summed E-state index contributed by atoms with van der Waals surface area (Å²) in [6, 6.07) is 6.07. The van der Waals surface area contributed by atoms with Crippen LogP contribution in [0.4, 0.5) is 0 Å². The standard InChI is InChI=1S/C14H21NO3/c1-3-17-13-5-4-11(9-14(13)16-2)8-12-10-15-6-7-18-12/h4-5,9,12,15H,3,6-8,10H2,1-2H3. The number of hydrogen-bond donors (Lipinski definition) is 1. The van der Waals surface area contributed by atoms with E-state index in [4.69, 9.17) is 14.2 Å². The van der Waals surface area contributed by atoms with Gasteiger partial charge in [0.15, 0.2) is 11.5 Å². The van der Waals surface area contributed by atoms with Gasteiger partial charge in [-0.2, -0.15) is 0 Å². The van der Waals surface area contributed by atoms with E-state index < -0.39 is 0 Å². The van der Waals surface area contributed by atoms with Crippen molar-refractivity contribution in [2.45, 2.75) is 19.4 Å². The molecule has 0 radical (unpaired) electrons. The fraction of sp³-hybridized carbons (Fsp3) is 0.571. The topological polar surface area (TPSA) is 39.7 Å². The van der Waals surface area contributed by atoms with Crippen molar-refractivity contribution in [3.8, 4) is 11.5 Å². The molecule has 0 spiro atoms. The summed E-state index contributed by atoms with van der Waals surface area (Å²) >= 11 is 0. The summed E-state index contributed by atoms with van der Waals surface area (Å²) in [6.45, 7) is 5.26. The van der Waals surface area contributed by atoms with Crippen LogP contribution in [0.1, 0.15) is 12.5 Å². The minimum Gasteiger partial charge on any atom is -0.493 e. The first kappa shape index (κ1) is 13.2. The molecule has 1 aliphatic heterocycles. The molecule has 0 aliphatic carbocycles. The molecule has 100 valence electrons. The number of ether oxygens (including phenoxy) is 3. The highest BCUT2D eigenvalue weighted by atomic mass is 16.5. The second kappa shape index (κ2) is 6.61. The monoisotopic (exact) mass is 251 g/mol. The smallest absolute Gasteiger partial charge is 0.161 e. The largest absolute Gasteiger partial charge is 0.493 e. The lowest BCUT2D eigenvalue weighted by molar-refractivity contribution is 0.0292. The molecule has 2 rings (SSSR count). The molecule has 1 fully saturated rings. The molecule has 4 nitrogen and oxygen atoms in total. The first-order valence-electron chi connectivity index (χ1n) is 6.45. The summed E-state index contributed by atoms with van der Waals surface area (Å²) < 4.78 is 16.5. The van der Waals surface area contributed by atoms with Crippen molar-refractivity contribution in [1.29, 1.82) is 0 Å². The Bertz CT molecular complexity index is 375. The number of methoxy groups -OCH3 is 1. The van der Waals surface area contributed by atoms with Crippen molar-refractivity contribution < 1.29 is 14.2 Å². The van der Waals surface area contributed by atoms with E-state index in [2.05, 4.69) is 11.4 Å². The summed E-state index contributed by atoms with van der Waals surface area (Å²) in [7, 11) is 1.67. The lowest BCUT2D eigenvalue weighted by Gasteiger charge is -2.23. The van der Waals surface area contributed by atoms with Crippen molar-refractivity contribution in [2.75, 3.05) is 33.4 Å². The normalized spacial score (nSPS) is 19.6. The van der Waals surface area contributed by atoms with E-state index in [0.717, 1.165) is 37.6 Å². The van der Waals surface area contributed by atoms with Gasteiger partial charge in [-0.3, -0.25) is 0 Å². The molecular formula is C14H21NO3. The summed E-state index contributed by atoms with van der Waals surface area (Å²) in [5, 5.41) is 3.33. The molecule has 4 heteroatoms. The average molecular weight is 251 g/mol. The molecule has 0 saturated carbocycles.